The van der Waals surface area contributed by atoms with E-state index < -0.39 is 0 Å². The number of halogens is 3. The Kier molecular flexibility index (Phi) is 5.31. The molecular formula is C16H14BrCl2NO. The predicted octanol–water partition coefficient (Wildman–Crippen LogP) is 5.56. The van der Waals surface area contributed by atoms with E-state index in [0.717, 1.165) is 15.6 Å². The third-order valence-electron chi connectivity index (χ3n) is 3.10. The Morgan fingerprint density at radius 1 is 1.14 bits per heavy atom. The highest BCUT2D eigenvalue weighted by Crippen LogP contribution is 2.25. The quantitative estimate of drug-likeness (QED) is 0.735. The first-order valence-corrected chi connectivity index (χ1v) is 7.94. The van der Waals surface area contributed by atoms with Crippen molar-refractivity contribution in [3.63, 3.8) is 0 Å². The number of hydrogen-bond acceptors (Lipinski definition) is 1. The SMILES string of the molecule is Cc1cc(Br)cc(C(=O)NC(C)c2ccc(Cl)c(Cl)c2)c1. The van der Waals surface area contributed by atoms with E-state index in [1.807, 2.05) is 32.0 Å². The van der Waals surface area contributed by atoms with Crippen molar-refractivity contribution in [1.29, 1.82) is 0 Å². The van der Waals surface area contributed by atoms with Crippen LogP contribution < -0.4 is 5.32 Å². The van der Waals surface area contributed by atoms with Crippen molar-refractivity contribution in [2.45, 2.75) is 19.9 Å². The van der Waals surface area contributed by atoms with Gasteiger partial charge in [-0.2, -0.15) is 0 Å². The molecule has 1 atom stereocenters. The molecule has 110 valence electrons. The average Bonchev–Trinajstić information content (AvgIpc) is 2.40. The van der Waals surface area contributed by atoms with Crippen molar-refractivity contribution in [1.82, 2.24) is 5.32 Å². The molecule has 2 aromatic rings. The van der Waals surface area contributed by atoms with Crippen molar-refractivity contribution in [2.24, 2.45) is 0 Å². The molecule has 0 aliphatic carbocycles. The molecule has 5 heteroatoms. The molecular weight excluding hydrogens is 373 g/mol. The van der Waals surface area contributed by atoms with Crippen LogP contribution in [0.15, 0.2) is 40.9 Å². The van der Waals surface area contributed by atoms with E-state index in [9.17, 15) is 4.79 Å². The highest BCUT2D eigenvalue weighted by molar-refractivity contribution is 9.10. The minimum atomic E-state index is -0.161. The lowest BCUT2D eigenvalue weighted by molar-refractivity contribution is 0.0939. The van der Waals surface area contributed by atoms with Crippen LogP contribution in [0.4, 0.5) is 0 Å². The van der Waals surface area contributed by atoms with Crippen LogP contribution in [-0.2, 0) is 0 Å². The highest BCUT2D eigenvalue weighted by Gasteiger charge is 2.13. The molecule has 0 aliphatic rings. The van der Waals surface area contributed by atoms with E-state index >= 15 is 0 Å². The van der Waals surface area contributed by atoms with Crippen LogP contribution >= 0.6 is 39.1 Å². The topological polar surface area (TPSA) is 29.1 Å². The van der Waals surface area contributed by atoms with Gasteiger partial charge in [-0.1, -0.05) is 45.2 Å². The molecule has 0 bridgehead atoms. The molecule has 2 rings (SSSR count). The fourth-order valence-electron chi connectivity index (χ4n) is 2.01. The summed E-state index contributed by atoms with van der Waals surface area (Å²) in [6, 6.07) is 10.8. The zero-order chi connectivity index (χ0) is 15.6. The van der Waals surface area contributed by atoms with Gasteiger partial charge in [0.05, 0.1) is 16.1 Å². The minimum Gasteiger partial charge on any atom is -0.346 e. The summed E-state index contributed by atoms with van der Waals surface area (Å²) in [5, 5.41) is 3.93. The minimum absolute atomic E-state index is 0.127. The van der Waals surface area contributed by atoms with E-state index in [1.165, 1.54) is 0 Å². The van der Waals surface area contributed by atoms with Gasteiger partial charge in [0.15, 0.2) is 0 Å². The van der Waals surface area contributed by atoms with E-state index in [-0.39, 0.29) is 11.9 Å². The van der Waals surface area contributed by atoms with Crippen molar-refractivity contribution in [3.05, 3.63) is 67.6 Å². The number of carbonyl (C=O) groups is 1. The smallest absolute Gasteiger partial charge is 0.251 e. The number of amides is 1. The number of hydrogen-bond donors (Lipinski definition) is 1. The molecule has 0 aliphatic heterocycles. The summed E-state index contributed by atoms with van der Waals surface area (Å²) in [6.07, 6.45) is 0. The first-order chi connectivity index (χ1) is 9.86. The van der Waals surface area contributed by atoms with Crippen LogP contribution in [0, 0.1) is 6.92 Å². The first-order valence-electron chi connectivity index (χ1n) is 6.40. The molecule has 0 aromatic heterocycles. The Bertz CT molecular complexity index is 668. The lowest BCUT2D eigenvalue weighted by atomic mass is 10.1. The maximum atomic E-state index is 12.3. The van der Waals surface area contributed by atoms with Crippen LogP contribution in [0.25, 0.3) is 0 Å². The second-order valence-electron chi connectivity index (χ2n) is 4.89. The van der Waals surface area contributed by atoms with Crippen molar-refractivity contribution in [3.8, 4) is 0 Å². The van der Waals surface area contributed by atoms with Crippen molar-refractivity contribution >= 4 is 45.0 Å². The Hall–Kier alpha value is -1.03. The van der Waals surface area contributed by atoms with Gasteiger partial charge < -0.3 is 5.32 Å². The number of carbonyl (C=O) groups excluding carboxylic acids is 1. The molecule has 0 spiro atoms. The Morgan fingerprint density at radius 2 is 1.86 bits per heavy atom. The Balaban J connectivity index is 2.16. The fourth-order valence-corrected chi connectivity index (χ4v) is 2.93. The highest BCUT2D eigenvalue weighted by atomic mass is 79.9. The maximum absolute atomic E-state index is 12.3. The van der Waals surface area contributed by atoms with Crippen LogP contribution in [-0.4, -0.2) is 5.91 Å². The standard InChI is InChI=1S/C16H14BrCl2NO/c1-9-5-12(7-13(17)6-9)16(21)20-10(2)11-3-4-14(18)15(19)8-11/h3-8,10H,1-2H3,(H,20,21). The van der Waals surface area contributed by atoms with Gasteiger partial charge in [-0.05, 0) is 55.3 Å². The van der Waals surface area contributed by atoms with E-state index in [1.54, 1.807) is 18.2 Å². The molecule has 1 amide bonds. The summed E-state index contributed by atoms with van der Waals surface area (Å²) in [6.45, 7) is 3.85. The molecule has 0 radical (unpaired) electrons. The second-order valence-corrected chi connectivity index (χ2v) is 6.62. The summed E-state index contributed by atoms with van der Waals surface area (Å²) >= 11 is 15.3. The molecule has 0 heterocycles. The Morgan fingerprint density at radius 3 is 2.48 bits per heavy atom. The molecule has 1 unspecified atom stereocenters. The van der Waals surface area contributed by atoms with E-state index in [4.69, 9.17) is 23.2 Å². The molecule has 2 nitrogen and oxygen atoms in total. The van der Waals surface area contributed by atoms with Crippen LogP contribution in [0.1, 0.15) is 34.5 Å². The fraction of sp³-hybridized carbons (Fsp3) is 0.188. The number of rotatable bonds is 3. The zero-order valence-corrected chi connectivity index (χ0v) is 14.7. The number of nitrogens with one attached hydrogen (secondary N) is 1. The molecule has 0 saturated carbocycles. The molecule has 1 N–H and O–H groups in total. The van der Waals surface area contributed by atoms with Gasteiger partial charge in [-0.25, -0.2) is 0 Å². The van der Waals surface area contributed by atoms with Gasteiger partial charge in [-0.3, -0.25) is 4.79 Å². The molecule has 0 saturated heterocycles. The number of aryl methyl sites for hydroxylation is 1. The van der Waals surface area contributed by atoms with Crippen molar-refractivity contribution in [2.75, 3.05) is 0 Å². The van der Waals surface area contributed by atoms with Gasteiger partial charge >= 0.3 is 0 Å². The van der Waals surface area contributed by atoms with Gasteiger partial charge in [0.1, 0.15) is 0 Å². The number of benzene rings is 2. The van der Waals surface area contributed by atoms with Crippen LogP contribution in [0.3, 0.4) is 0 Å². The zero-order valence-electron chi connectivity index (χ0n) is 11.6. The maximum Gasteiger partial charge on any atom is 0.251 e. The third kappa shape index (κ3) is 4.22. The average molecular weight is 387 g/mol. The van der Waals surface area contributed by atoms with Gasteiger partial charge in [0.25, 0.3) is 5.91 Å². The summed E-state index contributed by atoms with van der Waals surface area (Å²) in [4.78, 5) is 12.3. The molecule has 0 fully saturated rings. The summed E-state index contributed by atoms with van der Waals surface area (Å²) in [7, 11) is 0. The van der Waals surface area contributed by atoms with Crippen LogP contribution in [0.2, 0.25) is 10.0 Å². The van der Waals surface area contributed by atoms with Crippen LogP contribution in [0.5, 0.6) is 0 Å². The normalized spacial score (nSPS) is 12.0. The van der Waals surface area contributed by atoms with E-state index in [2.05, 4.69) is 21.2 Å². The lowest BCUT2D eigenvalue weighted by Gasteiger charge is -2.15. The third-order valence-corrected chi connectivity index (χ3v) is 4.29. The monoisotopic (exact) mass is 385 g/mol. The van der Waals surface area contributed by atoms with Gasteiger partial charge in [-0.15, -0.1) is 0 Å². The summed E-state index contributed by atoms with van der Waals surface area (Å²) in [5.74, 6) is -0.127. The Labute approximate surface area is 142 Å². The largest absolute Gasteiger partial charge is 0.346 e. The molecule has 21 heavy (non-hydrogen) atoms. The van der Waals surface area contributed by atoms with Gasteiger partial charge in [0.2, 0.25) is 0 Å². The summed E-state index contributed by atoms with van der Waals surface area (Å²) in [5.41, 5.74) is 2.55. The van der Waals surface area contributed by atoms with Crippen molar-refractivity contribution < 1.29 is 4.79 Å². The lowest BCUT2D eigenvalue weighted by Crippen LogP contribution is -2.26. The second kappa shape index (κ2) is 6.82. The predicted molar refractivity (Wildman–Crippen MR) is 91.2 cm³/mol. The summed E-state index contributed by atoms with van der Waals surface area (Å²) < 4.78 is 0.884. The first kappa shape index (κ1) is 16.3. The van der Waals surface area contributed by atoms with E-state index in [0.29, 0.717) is 15.6 Å². The molecule has 2 aromatic carbocycles. The van der Waals surface area contributed by atoms with Gasteiger partial charge in [0, 0.05) is 10.0 Å².